The number of hydrogen-bond donors (Lipinski definition) is 1. The summed E-state index contributed by atoms with van der Waals surface area (Å²) in [6.07, 6.45) is 0. The molecular weight excluding hydrogens is 310 g/mol. The molecule has 0 amide bonds. The van der Waals surface area contributed by atoms with E-state index in [-0.39, 0.29) is 9.77 Å². The lowest BCUT2D eigenvalue weighted by Gasteiger charge is -2.24. The number of aromatic carboxylic acids is 1. The van der Waals surface area contributed by atoms with Gasteiger partial charge in [0.05, 0.1) is 0 Å². The fraction of sp³-hybridized carbons (Fsp3) is 0.214. The van der Waals surface area contributed by atoms with Crippen LogP contribution in [0.2, 0.25) is 0 Å². The molecule has 0 radical (unpaired) electrons. The predicted octanol–water partition coefficient (Wildman–Crippen LogP) is 2.83. The number of carbonyl (C=O) groups is 1. The molecule has 7 heteroatoms. The molecule has 1 N–H and O–H groups in total. The highest BCUT2D eigenvalue weighted by molar-refractivity contribution is 7.89. The monoisotopic (exact) mass is 325 g/mol. The van der Waals surface area contributed by atoms with Crippen molar-refractivity contribution in [3.05, 3.63) is 52.2 Å². The van der Waals surface area contributed by atoms with Crippen LogP contribution in [0.4, 0.5) is 0 Å². The normalized spacial score (nSPS) is 13.3. The van der Waals surface area contributed by atoms with Crippen molar-refractivity contribution in [2.24, 2.45) is 0 Å². The summed E-state index contributed by atoms with van der Waals surface area (Å²) in [6, 6.07) is 10.1. The Bertz CT molecular complexity index is 737. The van der Waals surface area contributed by atoms with Crippen LogP contribution in [0.5, 0.6) is 0 Å². The maximum absolute atomic E-state index is 12.6. The largest absolute Gasteiger partial charge is 0.477 e. The van der Waals surface area contributed by atoms with Gasteiger partial charge in [0.25, 0.3) is 0 Å². The summed E-state index contributed by atoms with van der Waals surface area (Å²) in [5.74, 6) is -1.23. The highest BCUT2D eigenvalue weighted by Gasteiger charge is 2.31. The lowest BCUT2D eigenvalue weighted by Crippen LogP contribution is -2.30. The molecule has 0 fully saturated rings. The van der Waals surface area contributed by atoms with Crippen molar-refractivity contribution in [1.29, 1.82) is 0 Å². The zero-order valence-corrected chi connectivity index (χ0v) is 13.2. The minimum Gasteiger partial charge on any atom is -0.477 e. The van der Waals surface area contributed by atoms with Gasteiger partial charge in [0.2, 0.25) is 10.0 Å². The molecule has 0 aliphatic carbocycles. The van der Waals surface area contributed by atoms with Crippen LogP contribution in [0.1, 0.15) is 28.2 Å². The Labute approximate surface area is 127 Å². The Morgan fingerprint density at radius 1 is 1.24 bits per heavy atom. The van der Waals surface area contributed by atoms with E-state index in [1.54, 1.807) is 6.92 Å². The lowest BCUT2D eigenvalue weighted by molar-refractivity contribution is 0.0698. The van der Waals surface area contributed by atoms with E-state index in [1.807, 2.05) is 30.3 Å². The van der Waals surface area contributed by atoms with Crippen molar-refractivity contribution >= 4 is 27.3 Å². The Balaban J connectivity index is 2.39. The van der Waals surface area contributed by atoms with Gasteiger partial charge in [-0.1, -0.05) is 30.3 Å². The Morgan fingerprint density at radius 3 is 2.43 bits per heavy atom. The molecule has 0 saturated heterocycles. The molecule has 0 aliphatic rings. The summed E-state index contributed by atoms with van der Waals surface area (Å²) in [6.45, 7) is 1.76. The molecule has 112 valence electrons. The number of sulfonamides is 1. The molecule has 0 saturated carbocycles. The maximum Gasteiger partial charge on any atom is 0.347 e. The van der Waals surface area contributed by atoms with Crippen molar-refractivity contribution in [1.82, 2.24) is 4.31 Å². The van der Waals surface area contributed by atoms with E-state index in [1.165, 1.54) is 22.8 Å². The van der Waals surface area contributed by atoms with E-state index < -0.39 is 22.0 Å². The van der Waals surface area contributed by atoms with Gasteiger partial charge in [0.15, 0.2) is 0 Å². The zero-order chi connectivity index (χ0) is 15.6. The Morgan fingerprint density at radius 2 is 1.86 bits per heavy atom. The first-order chi connectivity index (χ1) is 9.85. The third-order valence-electron chi connectivity index (χ3n) is 3.31. The first-order valence-electron chi connectivity index (χ1n) is 6.19. The minimum atomic E-state index is -3.86. The van der Waals surface area contributed by atoms with Crippen molar-refractivity contribution < 1.29 is 18.3 Å². The Kier molecular flexibility index (Phi) is 4.46. The number of carboxylic acids is 1. The molecule has 5 nitrogen and oxygen atoms in total. The van der Waals surface area contributed by atoms with Crippen LogP contribution >= 0.6 is 11.3 Å². The van der Waals surface area contributed by atoms with Crippen molar-refractivity contribution in [3.8, 4) is 0 Å². The number of hydrogen-bond acceptors (Lipinski definition) is 4. The van der Waals surface area contributed by atoms with E-state index in [9.17, 15) is 13.2 Å². The molecule has 1 atom stereocenters. The van der Waals surface area contributed by atoms with Crippen LogP contribution in [-0.4, -0.2) is 30.8 Å². The molecular formula is C14H15NO4S2. The van der Waals surface area contributed by atoms with Gasteiger partial charge in [-0.3, -0.25) is 0 Å². The van der Waals surface area contributed by atoms with E-state index in [0.29, 0.717) is 0 Å². The molecule has 1 heterocycles. The smallest absolute Gasteiger partial charge is 0.347 e. The van der Waals surface area contributed by atoms with Crippen molar-refractivity contribution in [2.45, 2.75) is 17.9 Å². The molecule has 2 aromatic rings. The Hall–Kier alpha value is -1.70. The molecule has 1 unspecified atom stereocenters. The number of benzene rings is 1. The molecule has 2 rings (SSSR count). The second-order valence-electron chi connectivity index (χ2n) is 4.53. The van der Waals surface area contributed by atoms with E-state index in [4.69, 9.17) is 5.11 Å². The lowest BCUT2D eigenvalue weighted by atomic mass is 10.1. The summed E-state index contributed by atoms with van der Waals surface area (Å²) in [5.41, 5.74) is 0.843. The number of carboxylic acid groups (broad SMARTS) is 1. The quantitative estimate of drug-likeness (QED) is 0.917. The van der Waals surface area contributed by atoms with Gasteiger partial charge in [0.1, 0.15) is 9.77 Å². The van der Waals surface area contributed by atoms with E-state index >= 15 is 0 Å². The van der Waals surface area contributed by atoms with Crippen LogP contribution in [0.3, 0.4) is 0 Å². The maximum atomic E-state index is 12.6. The minimum absolute atomic E-state index is 0.162. The average Bonchev–Trinajstić information content (AvgIpc) is 2.97. The standard InChI is InChI=1S/C14H15NO4S2/c1-10(11-6-4-3-5-7-11)15(2)21(18,19)12-8-9-20-13(12)14(16)17/h3-10H,1-2H3,(H,16,17). The van der Waals surface area contributed by atoms with Crippen LogP contribution in [0.15, 0.2) is 46.7 Å². The van der Waals surface area contributed by atoms with Gasteiger partial charge in [-0.25, -0.2) is 13.2 Å². The SMILES string of the molecule is CC(c1ccccc1)N(C)S(=O)(=O)c1ccsc1C(=O)O. The van der Waals surface area contributed by atoms with Crippen LogP contribution in [0.25, 0.3) is 0 Å². The number of rotatable bonds is 5. The fourth-order valence-electron chi connectivity index (χ4n) is 1.96. The molecule has 0 aliphatic heterocycles. The number of nitrogens with zero attached hydrogens (tertiary/aromatic N) is 1. The fourth-order valence-corrected chi connectivity index (χ4v) is 4.54. The molecule has 1 aromatic heterocycles. The molecule has 21 heavy (non-hydrogen) atoms. The second kappa shape index (κ2) is 5.97. The zero-order valence-electron chi connectivity index (χ0n) is 11.6. The third-order valence-corrected chi connectivity index (χ3v) is 6.31. The van der Waals surface area contributed by atoms with Crippen LogP contribution < -0.4 is 0 Å². The highest BCUT2D eigenvalue weighted by atomic mass is 32.2. The highest BCUT2D eigenvalue weighted by Crippen LogP contribution is 2.29. The topological polar surface area (TPSA) is 74.7 Å². The van der Waals surface area contributed by atoms with Crippen LogP contribution in [-0.2, 0) is 10.0 Å². The summed E-state index contributed by atoms with van der Waals surface area (Å²) in [7, 11) is -2.40. The average molecular weight is 325 g/mol. The predicted molar refractivity (Wildman–Crippen MR) is 81.1 cm³/mol. The van der Waals surface area contributed by atoms with Crippen molar-refractivity contribution in [2.75, 3.05) is 7.05 Å². The molecule has 1 aromatic carbocycles. The van der Waals surface area contributed by atoms with Crippen molar-refractivity contribution in [3.63, 3.8) is 0 Å². The molecule has 0 spiro atoms. The van der Waals surface area contributed by atoms with E-state index in [2.05, 4.69) is 0 Å². The first-order valence-corrected chi connectivity index (χ1v) is 8.51. The van der Waals surface area contributed by atoms with E-state index in [0.717, 1.165) is 16.9 Å². The van der Waals surface area contributed by atoms with Gasteiger partial charge in [-0.05, 0) is 23.9 Å². The summed E-state index contributed by atoms with van der Waals surface area (Å²) < 4.78 is 26.4. The summed E-state index contributed by atoms with van der Waals surface area (Å²) in [5, 5.41) is 10.6. The van der Waals surface area contributed by atoms with Gasteiger partial charge < -0.3 is 5.11 Å². The van der Waals surface area contributed by atoms with Gasteiger partial charge in [-0.2, -0.15) is 4.31 Å². The third kappa shape index (κ3) is 2.99. The summed E-state index contributed by atoms with van der Waals surface area (Å²) >= 11 is 0.904. The summed E-state index contributed by atoms with van der Waals surface area (Å²) in [4.78, 5) is 10.8. The van der Waals surface area contributed by atoms with Gasteiger partial charge >= 0.3 is 5.97 Å². The van der Waals surface area contributed by atoms with Gasteiger partial charge in [-0.15, -0.1) is 11.3 Å². The van der Waals surface area contributed by atoms with Gasteiger partial charge in [0, 0.05) is 13.1 Å². The molecule has 0 bridgehead atoms. The first kappa shape index (κ1) is 15.7. The van der Waals surface area contributed by atoms with Crippen LogP contribution in [0, 0.1) is 0 Å². The number of thiophene rings is 1. The second-order valence-corrected chi connectivity index (χ2v) is 7.41.